The van der Waals surface area contributed by atoms with Gasteiger partial charge in [-0.3, -0.25) is 4.68 Å². The summed E-state index contributed by atoms with van der Waals surface area (Å²) in [6.45, 7) is 7.93. The van der Waals surface area contributed by atoms with E-state index in [1.54, 1.807) is 34.8 Å². The predicted molar refractivity (Wildman–Crippen MR) is 147 cm³/mol. The van der Waals surface area contributed by atoms with Gasteiger partial charge in [0.1, 0.15) is 18.1 Å². The molecule has 0 aliphatic heterocycles. The van der Waals surface area contributed by atoms with Crippen LogP contribution in [0, 0.1) is 11.6 Å². The highest BCUT2D eigenvalue weighted by Gasteiger charge is 2.19. The second-order valence-electron chi connectivity index (χ2n) is 9.96. The number of urea groups is 1. The molecule has 9 nitrogen and oxygen atoms in total. The van der Waals surface area contributed by atoms with Crippen molar-refractivity contribution < 1.29 is 23.0 Å². The molecule has 2 amide bonds. The Hall–Kier alpha value is -3.29. The van der Waals surface area contributed by atoms with Crippen LogP contribution in [0.25, 0.3) is 11.0 Å². The van der Waals surface area contributed by atoms with Crippen molar-refractivity contribution >= 4 is 46.8 Å². The Kier molecular flexibility index (Phi) is 8.48. The number of pyridine rings is 1. The number of halogens is 3. The number of ether oxygens (including phenoxy) is 2. The third-order valence-corrected chi connectivity index (χ3v) is 7.87. The highest BCUT2D eigenvalue weighted by atomic mass is 79.9. The van der Waals surface area contributed by atoms with Gasteiger partial charge in [-0.15, -0.1) is 0 Å². The molecule has 202 valence electrons. The average molecular weight is 608 g/mol. The van der Waals surface area contributed by atoms with Crippen LogP contribution in [0.2, 0.25) is 25.7 Å². The third kappa shape index (κ3) is 6.97. The predicted octanol–water partition coefficient (Wildman–Crippen LogP) is 6.24. The van der Waals surface area contributed by atoms with E-state index >= 15 is 0 Å². The van der Waals surface area contributed by atoms with Gasteiger partial charge in [0.25, 0.3) is 0 Å². The minimum absolute atomic E-state index is 0.0615. The molecule has 0 saturated heterocycles. The van der Waals surface area contributed by atoms with Crippen LogP contribution in [-0.4, -0.2) is 40.0 Å². The number of aromatic nitrogens is 4. The maximum absolute atomic E-state index is 14.9. The van der Waals surface area contributed by atoms with Crippen molar-refractivity contribution in [2.45, 2.75) is 39.0 Å². The summed E-state index contributed by atoms with van der Waals surface area (Å²) in [7, 11) is 0.541. The Balaban J connectivity index is 1.46. The fourth-order valence-corrected chi connectivity index (χ4v) is 4.98. The van der Waals surface area contributed by atoms with Gasteiger partial charge in [0, 0.05) is 62.6 Å². The molecule has 0 saturated carbocycles. The SMILES string of the molecule is Cn1ccc(CNC(=O)Nc2cc(F)c(Oc3ccnc4c3c(Br)cn4COCC[Si](C)(C)C)c(F)c2)n1. The quantitative estimate of drug-likeness (QED) is 0.165. The number of nitrogens with zero attached hydrogens (tertiary/aromatic N) is 4. The van der Waals surface area contributed by atoms with Crippen LogP contribution in [-0.2, 0) is 25.1 Å². The number of amides is 2. The van der Waals surface area contributed by atoms with Crippen LogP contribution in [0.15, 0.2) is 47.3 Å². The lowest BCUT2D eigenvalue weighted by atomic mass is 10.2. The summed E-state index contributed by atoms with van der Waals surface area (Å²) in [5.41, 5.74) is 1.13. The number of hydrogen-bond donors (Lipinski definition) is 2. The summed E-state index contributed by atoms with van der Waals surface area (Å²) in [5, 5.41) is 9.70. The normalized spacial score (nSPS) is 11.7. The second kappa shape index (κ2) is 11.6. The Morgan fingerprint density at radius 2 is 1.92 bits per heavy atom. The molecule has 0 unspecified atom stereocenters. The molecule has 0 radical (unpaired) electrons. The maximum atomic E-state index is 14.9. The molecule has 13 heteroatoms. The van der Waals surface area contributed by atoms with E-state index in [4.69, 9.17) is 9.47 Å². The zero-order valence-electron chi connectivity index (χ0n) is 21.5. The van der Waals surface area contributed by atoms with Gasteiger partial charge in [0.05, 0.1) is 17.6 Å². The van der Waals surface area contributed by atoms with Crippen molar-refractivity contribution in [2.75, 3.05) is 11.9 Å². The molecule has 0 fully saturated rings. The zero-order valence-corrected chi connectivity index (χ0v) is 24.1. The van der Waals surface area contributed by atoms with Crippen LogP contribution in [0.5, 0.6) is 11.5 Å². The zero-order chi connectivity index (χ0) is 27.4. The minimum atomic E-state index is -1.22. The largest absolute Gasteiger partial charge is 0.450 e. The van der Waals surface area contributed by atoms with Gasteiger partial charge >= 0.3 is 6.03 Å². The number of rotatable bonds is 10. The monoisotopic (exact) mass is 606 g/mol. The summed E-state index contributed by atoms with van der Waals surface area (Å²) in [5.74, 6) is -2.32. The number of nitrogens with one attached hydrogen (secondary N) is 2. The topological polar surface area (TPSA) is 95.2 Å². The average Bonchev–Trinajstić information content (AvgIpc) is 3.40. The molecule has 38 heavy (non-hydrogen) atoms. The van der Waals surface area contributed by atoms with Crippen molar-refractivity contribution in [3.8, 4) is 11.5 Å². The van der Waals surface area contributed by atoms with Crippen LogP contribution in [0.1, 0.15) is 5.69 Å². The van der Waals surface area contributed by atoms with Crippen molar-refractivity contribution in [3.05, 3.63) is 64.7 Å². The summed E-state index contributed by atoms with van der Waals surface area (Å²) in [6, 6.07) is 5.66. The van der Waals surface area contributed by atoms with Crippen LogP contribution in [0.3, 0.4) is 0 Å². The maximum Gasteiger partial charge on any atom is 0.319 e. The molecule has 0 bridgehead atoms. The van der Waals surface area contributed by atoms with E-state index < -0.39 is 31.5 Å². The molecular weight excluding hydrogens is 578 g/mol. The molecule has 4 rings (SSSR count). The van der Waals surface area contributed by atoms with Gasteiger partial charge in [-0.05, 0) is 34.1 Å². The molecule has 3 aromatic heterocycles. The van der Waals surface area contributed by atoms with Gasteiger partial charge in [0.2, 0.25) is 0 Å². The number of hydrogen-bond acceptors (Lipinski definition) is 5. The van der Waals surface area contributed by atoms with E-state index in [0.717, 1.165) is 18.2 Å². The number of benzene rings is 1. The van der Waals surface area contributed by atoms with Gasteiger partial charge in [-0.2, -0.15) is 5.10 Å². The highest BCUT2D eigenvalue weighted by Crippen LogP contribution is 2.37. The smallest absolute Gasteiger partial charge is 0.319 e. The molecule has 1 aromatic carbocycles. The minimum Gasteiger partial charge on any atom is -0.450 e. The number of aryl methyl sites for hydroxylation is 1. The number of carbonyl (C=O) groups excluding carboxylic acids is 1. The van der Waals surface area contributed by atoms with Gasteiger partial charge in [0.15, 0.2) is 17.4 Å². The lowest BCUT2D eigenvalue weighted by molar-refractivity contribution is 0.0898. The molecule has 4 aromatic rings. The number of fused-ring (bicyclic) bond motifs is 1. The fraction of sp³-hybridized carbons (Fsp3) is 0.320. The Bertz CT molecular complexity index is 1430. The third-order valence-electron chi connectivity index (χ3n) is 5.57. The summed E-state index contributed by atoms with van der Waals surface area (Å²) < 4.78 is 45.4. The van der Waals surface area contributed by atoms with Crippen LogP contribution < -0.4 is 15.4 Å². The van der Waals surface area contributed by atoms with Crippen molar-refractivity contribution in [1.82, 2.24) is 24.6 Å². The summed E-state index contributed by atoms with van der Waals surface area (Å²) in [4.78, 5) is 16.6. The summed E-state index contributed by atoms with van der Waals surface area (Å²) in [6.07, 6.45) is 5.04. The van der Waals surface area contributed by atoms with Gasteiger partial charge in [-0.1, -0.05) is 19.6 Å². The first-order valence-electron chi connectivity index (χ1n) is 11.9. The molecule has 0 spiro atoms. The van der Waals surface area contributed by atoms with E-state index in [2.05, 4.69) is 56.3 Å². The molecule has 0 aliphatic carbocycles. The van der Waals surface area contributed by atoms with Crippen LogP contribution in [0.4, 0.5) is 19.3 Å². The number of anilines is 1. The first-order valence-corrected chi connectivity index (χ1v) is 16.4. The van der Waals surface area contributed by atoms with E-state index in [1.165, 1.54) is 12.3 Å². The lowest BCUT2D eigenvalue weighted by Gasteiger charge is -2.15. The first kappa shape index (κ1) is 27.7. The van der Waals surface area contributed by atoms with E-state index in [9.17, 15) is 13.6 Å². The second-order valence-corrected chi connectivity index (χ2v) is 16.4. The van der Waals surface area contributed by atoms with Crippen molar-refractivity contribution in [1.29, 1.82) is 0 Å². The molecule has 3 heterocycles. The van der Waals surface area contributed by atoms with Gasteiger partial charge < -0.3 is 24.7 Å². The van der Waals surface area contributed by atoms with Crippen LogP contribution >= 0.6 is 15.9 Å². The molecule has 0 aliphatic rings. The highest BCUT2D eigenvalue weighted by molar-refractivity contribution is 9.10. The first-order chi connectivity index (χ1) is 18.0. The molecule has 0 atom stereocenters. The van der Waals surface area contributed by atoms with Gasteiger partial charge in [-0.25, -0.2) is 18.6 Å². The van der Waals surface area contributed by atoms with E-state index in [0.29, 0.717) is 27.8 Å². The number of carbonyl (C=O) groups is 1. The van der Waals surface area contributed by atoms with E-state index in [1.807, 2.05) is 0 Å². The lowest BCUT2D eigenvalue weighted by Crippen LogP contribution is -2.28. The van der Waals surface area contributed by atoms with Crippen molar-refractivity contribution in [3.63, 3.8) is 0 Å². The Morgan fingerprint density at radius 1 is 1.18 bits per heavy atom. The van der Waals surface area contributed by atoms with E-state index in [-0.39, 0.29) is 24.7 Å². The Morgan fingerprint density at radius 3 is 2.58 bits per heavy atom. The molecule has 2 N–H and O–H groups in total. The Labute approximate surface area is 228 Å². The molecular formula is C25H29BrF2N6O3Si. The standard InChI is InChI=1S/C25H29BrF2N6O3Si/c1-33-8-6-16(32-33)13-30-25(35)31-17-11-19(27)23(20(28)12-17)37-21-5-7-29-24-22(21)18(26)14-34(24)15-36-9-10-38(2,3)4/h5-8,11-12,14H,9-10,13,15H2,1-4H3,(H2,30,31,35). The fourth-order valence-electron chi connectivity index (χ4n) is 3.61. The summed E-state index contributed by atoms with van der Waals surface area (Å²) >= 11 is 3.49. The van der Waals surface area contributed by atoms with Crippen molar-refractivity contribution in [2.24, 2.45) is 7.05 Å².